The van der Waals surface area contributed by atoms with Crippen molar-refractivity contribution in [1.29, 1.82) is 0 Å². The molecule has 2 saturated carbocycles. The van der Waals surface area contributed by atoms with Crippen molar-refractivity contribution in [1.82, 2.24) is 5.32 Å². The zero-order valence-electron chi connectivity index (χ0n) is 14.0. The maximum atomic E-state index is 12.6. The van der Waals surface area contributed by atoms with Gasteiger partial charge in [-0.1, -0.05) is 6.42 Å². The number of ketones is 1. The minimum absolute atomic E-state index is 0.0108. The van der Waals surface area contributed by atoms with E-state index < -0.39 is 23.3 Å². The summed E-state index contributed by atoms with van der Waals surface area (Å²) in [5.74, 6) is 2.11. The van der Waals surface area contributed by atoms with Gasteiger partial charge in [-0.25, -0.2) is 4.79 Å². The Balaban J connectivity index is 1.61. The van der Waals surface area contributed by atoms with Crippen LogP contribution in [0.4, 0.5) is 4.79 Å². The molecule has 5 atom stereocenters. The molecule has 3 fully saturated rings. The van der Waals surface area contributed by atoms with Gasteiger partial charge in [0.1, 0.15) is 11.2 Å². The first kappa shape index (κ1) is 15.8. The maximum Gasteiger partial charge on any atom is 0.408 e. The Morgan fingerprint density at radius 2 is 1.91 bits per heavy atom. The van der Waals surface area contributed by atoms with Gasteiger partial charge in [-0.2, -0.15) is 0 Å². The fraction of sp³-hybridized carbons (Fsp3) is 0.882. The standard InChI is InChI=1S/C17H27NO4/c1-16(2,3)22-15(20)18-13(14(19)17(4)9-21-17)8-12-10-6-5-7-11(10)12/h10-13H,5-9H2,1-4H3,(H,18,20)/t10-,11+,12?,13-,17+/m0/s1. The number of amides is 1. The van der Waals surface area contributed by atoms with Crippen LogP contribution >= 0.6 is 0 Å². The van der Waals surface area contributed by atoms with Gasteiger partial charge in [0.05, 0.1) is 12.6 Å². The van der Waals surface area contributed by atoms with E-state index in [0.29, 0.717) is 12.5 Å². The summed E-state index contributed by atoms with van der Waals surface area (Å²) in [6, 6.07) is -0.488. The molecule has 22 heavy (non-hydrogen) atoms. The van der Waals surface area contributed by atoms with E-state index >= 15 is 0 Å². The number of carbonyl (C=O) groups excluding carboxylic acids is 2. The Labute approximate surface area is 132 Å². The average molecular weight is 309 g/mol. The Hall–Kier alpha value is -1.10. The molecule has 5 heteroatoms. The van der Waals surface area contributed by atoms with Crippen LogP contribution in [0, 0.1) is 17.8 Å². The van der Waals surface area contributed by atoms with E-state index in [9.17, 15) is 9.59 Å². The van der Waals surface area contributed by atoms with Gasteiger partial charge < -0.3 is 14.8 Å². The number of hydrogen-bond acceptors (Lipinski definition) is 4. The topological polar surface area (TPSA) is 67.9 Å². The number of epoxide rings is 1. The van der Waals surface area contributed by atoms with Gasteiger partial charge in [0, 0.05) is 0 Å². The van der Waals surface area contributed by atoms with Gasteiger partial charge >= 0.3 is 6.09 Å². The van der Waals surface area contributed by atoms with Crippen molar-refractivity contribution < 1.29 is 19.1 Å². The van der Waals surface area contributed by atoms with E-state index in [2.05, 4.69) is 5.32 Å². The Kier molecular flexibility index (Phi) is 3.75. The smallest absolute Gasteiger partial charge is 0.408 e. The Morgan fingerprint density at radius 3 is 2.41 bits per heavy atom. The minimum atomic E-state index is -0.705. The third-order valence-corrected chi connectivity index (χ3v) is 5.20. The quantitative estimate of drug-likeness (QED) is 0.793. The fourth-order valence-electron chi connectivity index (χ4n) is 3.89. The van der Waals surface area contributed by atoms with E-state index in [0.717, 1.165) is 18.3 Å². The van der Waals surface area contributed by atoms with Crippen molar-refractivity contribution in [3.8, 4) is 0 Å². The van der Waals surface area contributed by atoms with Crippen LogP contribution in [0.2, 0.25) is 0 Å². The number of nitrogens with one attached hydrogen (secondary N) is 1. The molecule has 0 bridgehead atoms. The molecular weight excluding hydrogens is 282 g/mol. The number of carbonyl (C=O) groups is 2. The lowest BCUT2D eigenvalue weighted by atomic mass is 9.94. The zero-order chi connectivity index (χ0) is 16.1. The molecule has 0 radical (unpaired) electrons. The third kappa shape index (κ3) is 3.29. The van der Waals surface area contributed by atoms with Crippen molar-refractivity contribution in [2.75, 3.05) is 6.61 Å². The van der Waals surface area contributed by atoms with Crippen LogP contribution in [0.15, 0.2) is 0 Å². The number of fused-ring (bicyclic) bond motifs is 1. The minimum Gasteiger partial charge on any atom is -0.444 e. The van der Waals surface area contributed by atoms with E-state index in [4.69, 9.17) is 9.47 Å². The van der Waals surface area contributed by atoms with E-state index in [-0.39, 0.29) is 5.78 Å². The fourth-order valence-corrected chi connectivity index (χ4v) is 3.89. The Bertz CT molecular complexity index is 468. The molecule has 1 saturated heterocycles. The van der Waals surface area contributed by atoms with Gasteiger partial charge in [0.15, 0.2) is 5.78 Å². The third-order valence-electron chi connectivity index (χ3n) is 5.20. The number of hydrogen-bond donors (Lipinski definition) is 1. The monoisotopic (exact) mass is 309 g/mol. The largest absolute Gasteiger partial charge is 0.444 e. The molecular formula is C17H27NO4. The Morgan fingerprint density at radius 1 is 1.32 bits per heavy atom. The predicted molar refractivity (Wildman–Crippen MR) is 81.5 cm³/mol. The number of ether oxygens (including phenoxy) is 2. The normalized spacial score (nSPS) is 37.2. The second-order valence-corrected chi connectivity index (χ2v) is 8.24. The molecule has 1 aliphatic heterocycles. The number of rotatable bonds is 5. The second kappa shape index (κ2) is 5.22. The van der Waals surface area contributed by atoms with Gasteiger partial charge in [-0.15, -0.1) is 0 Å². The van der Waals surface area contributed by atoms with Crippen LogP contribution in [-0.4, -0.2) is 35.7 Å². The lowest BCUT2D eigenvalue weighted by molar-refractivity contribution is -0.126. The van der Waals surface area contributed by atoms with Crippen molar-refractivity contribution in [3.05, 3.63) is 0 Å². The highest BCUT2D eigenvalue weighted by Crippen LogP contribution is 2.59. The molecule has 0 aromatic heterocycles. The van der Waals surface area contributed by atoms with E-state index in [1.165, 1.54) is 19.3 Å². The van der Waals surface area contributed by atoms with Crippen LogP contribution in [0.3, 0.4) is 0 Å². The summed E-state index contributed by atoms with van der Waals surface area (Å²) < 4.78 is 10.6. The molecule has 0 aromatic rings. The predicted octanol–water partition coefficient (Wildman–Crippen LogP) is 2.67. The molecule has 3 rings (SSSR count). The van der Waals surface area contributed by atoms with E-state index in [1.807, 2.05) is 20.8 Å². The van der Waals surface area contributed by atoms with Gasteiger partial charge in [0.2, 0.25) is 0 Å². The summed E-state index contributed by atoms with van der Waals surface area (Å²) in [6.07, 6.45) is 4.07. The highest BCUT2D eigenvalue weighted by molar-refractivity contribution is 5.95. The van der Waals surface area contributed by atoms with Crippen molar-refractivity contribution in [3.63, 3.8) is 0 Å². The number of Topliss-reactive ketones (excluding diaryl/α,β-unsaturated/α-hetero) is 1. The number of alkyl carbamates (subject to hydrolysis) is 1. The summed E-state index contributed by atoms with van der Waals surface area (Å²) in [5.41, 5.74) is -1.27. The average Bonchev–Trinajstić information content (AvgIpc) is 3.22. The highest BCUT2D eigenvalue weighted by atomic mass is 16.6. The van der Waals surface area contributed by atoms with Crippen LogP contribution in [0.1, 0.15) is 53.4 Å². The summed E-state index contributed by atoms with van der Waals surface area (Å²) in [6.45, 7) is 7.71. The molecule has 1 heterocycles. The molecule has 1 amide bonds. The van der Waals surface area contributed by atoms with Crippen LogP contribution in [0.25, 0.3) is 0 Å². The van der Waals surface area contributed by atoms with Gasteiger partial charge in [-0.3, -0.25) is 4.79 Å². The molecule has 0 aromatic carbocycles. The molecule has 124 valence electrons. The van der Waals surface area contributed by atoms with E-state index in [1.54, 1.807) is 6.92 Å². The first-order valence-electron chi connectivity index (χ1n) is 8.37. The zero-order valence-corrected chi connectivity index (χ0v) is 14.0. The summed E-state index contributed by atoms with van der Waals surface area (Å²) in [5, 5.41) is 2.79. The van der Waals surface area contributed by atoms with Crippen molar-refractivity contribution >= 4 is 11.9 Å². The molecule has 1 N–H and O–H groups in total. The SMILES string of the molecule is CC(C)(C)OC(=O)N[C@@H](CC1[C@H]2CCC[C@@H]12)C(=O)[C@@]1(C)CO1. The maximum absolute atomic E-state index is 12.6. The lowest BCUT2D eigenvalue weighted by Gasteiger charge is -2.24. The van der Waals surface area contributed by atoms with Crippen LogP contribution in [-0.2, 0) is 14.3 Å². The first-order valence-corrected chi connectivity index (χ1v) is 8.37. The summed E-state index contributed by atoms with van der Waals surface area (Å²) in [4.78, 5) is 24.7. The summed E-state index contributed by atoms with van der Waals surface area (Å²) in [7, 11) is 0. The molecule has 5 nitrogen and oxygen atoms in total. The summed E-state index contributed by atoms with van der Waals surface area (Å²) >= 11 is 0. The second-order valence-electron chi connectivity index (χ2n) is 8.24. The molecule has 0 spiro atoms. The van der Waals surface area contributed by atoms with Gasteiger partial charge in [0.25, 0.3) is 0 Å². The van der Waals surface area contributed by atoms with Gasteiger partial charge in [-0.05, 0) is 64.7 Å². The highest BCUT2D eigenvalue weighted by Gasteiger charge is 2.56. The molecule has 1 unspecified atom stereocenters. The molecule has 3 aliphatic rings. The molecule has 2 aliphatic carbocycles. The van der Waals surface area contributed by atoms with Crippen molar-refractivity contribution in [2.45, 2.75) is 70.6 Å². The lowest BCUT2D eigenvalue weighted by Crippen LogP contribution is -2.48. The van der Waals surface area contributed by atoms with Crippen molar-refractivity contribution in [2.24, 2.45) is 17.8 Å². The van der Waals surface area contributed by atoms with Crippen LogP contribution in [0.5, 0.6) is 0 Å². The van der Waals surface area contributed by atoms with Crippen LogP contribution < -0.4 is 5.32 Å². The first-order chi connectivity index (χ1) is 10.2.